The normalized spacial score (nSPS) is 14.4. The molecule has 2 rings (SSSR count). The number of nitrogens with one attached hydrogen (secondary N) is 11. The molecule has 98 heavy (non-hydrogen) atoms. The van der Waals surface area contributed by atoms with E-state index in [0.29, 0.717) is 24.0 Å². The number of hydrogen-bond donors (Lipinski definition) is 22. The van der Waals surface area contributed by atoms with Gasteiger partial charge in [0.25, 0.3) is 0 Å². The molecule has 0 heterocycles. The summed E-state index contributed by atoms with van der Waals surface area (Å²) < 4.78 is 0. The van der Waals surface area contributed by atoms with Crippen LogP contribution in [-0.4, -0.2) is 214 Å². The van der Waals surface area contributed by atoms with Crippen molar-refractivity contribution in [3.05, 3.63) is 65.7 Å². The fraction of sp³-hybridized carbons (Fsp3) is 0.557. The summed E-state index contributed by atoms with van der Waals surface area (Å²) >= 11 is 4.11. The molecule has 0 aliphatic heterocycles. The van der Waals surface area contributed by atoms with Crippen molar-refractivity contribution < 1.29 is 87.5 Å². The molecule has 11 atom stereocenters. The number of phenolic OH excluding ortho intramolecular Hbond substituents is 1. The van der Waals surface area contributed by atoms with Gasteiger partial charge in [0.05, 0.1) is 32.6 Å². The number of hydrogen-bond acceptors (Lipinski definition) is 21. The summed E-state index contributed by atoms with van der Waals surface area (Å²) in [5.74, 6) is -16.3. The number of aromatic hydroxyl groups is 1. The van der Waals surface area contributed by atoms with Gasteiger partial charge in [-0.2, -0.15) is 12.6 Å². The Labute approximate surface area is 571 Å². The zero-order chi connectivity index (χ0) is 73.8. The highest BCUT2D eigenvalue weighted by atomic mass is 32.1. The Balaban J connectivity index is 2.31. The molecule has 36 nitrogen and oxygen atoms in total. The van der Waals surface area contributed by atoms with E-state index in [1.807, 2.05) is 0 Å². The van der Waals surface area contributed by atoms with Gasteiger partial charge in [-0.05, 0) is 86.6 Å². The van der Waals surface area contributed by atoms with E-state index in [2.05, 4.69) is 76.1 Å². The van der Waals surface area contributed by atoms with E-state index in [4.69, 9.17) is 34.4 Å². The van der Waals surface area contributed by atoms with Gasteiger partial charge in [-0.3, -0.25) is 67.3 Å². The number of benzene rings is 2. The van der Waals surface area contributed by atoms with Gasteiger partial charge in [0.2, 0.25) is 76.8 Å². The van der Waals surface area contributed by atoms with Crippen LogP contribution in [0.15, 0.2) is 59.6 Å². The van der Waals surface area contributed by atoms with Crippen molar-refractivity contribution in [1.82, 2.24) is 58.5 Å². The van der Waals surface area contributed by atoms with Gasteiger partial charge in [0.15, 0.2) is 5.96 Å². The van der Waals surface area contributed by atoms with Crippen molar-refractivity contribution in [1.29, 1.82) is 0 Å². The summed E-state index contributed by atoms with van der Waals surface area (Å²) in [5, 5.41) is 65.8. The molecule has 0 aliphatic carbocycles. The molecule has 2 aromatic carbocycles. The fourth-order valence-corrected chi connectivity index (χ4v) is 9.61. The monoisotopic (exact) mass is 1400 g/mol. The molecule has 0 aliphatic rings. The SMILES string of the molecule is CC(C)C[C@H](NC(=O)[C@H](CCCCN)NC(=O)[C@H](CC(C)C)NC(=O)[C@@H](N)CO)C(=O)N[C@@H](CC(N)=O)C(=O)NCC(=O)N[C@@H](CS)C(=O)N[C@@H](CC(N)=O)C(=O)N[C@@H](CO)C(=O)N[C@@H](Cc1ccccc1)C(=O)N[C@@H](CCCN=C(N)N)C(=O)N[C@@H](Cc1ccc(O)cc1)C(=O)O. The van der Waals surface area contributed by atoms with Crippen LogP contribution in [0.25, 0.3) is 0 Å². The summed E-state index contributed by atoms with van der Waals surface area (Å²) in [5.41, 5.74) is 34.0. The number of aliphatic hydroxyl groups excluding tert-OH is 2. The van der Waals surface area contributed by atoms with Crippen LogP contribution in [0, 0.1) is 11.8 Å². The lowest BCUT2D eigenvalue weighted by Crippen LogP contribution is -2.61. The Morgan fingerprint density at radius 2 is 0.878 bits per heavy atom. The van der Waals surface area contributed by atoms with Gasteiger partial charge in [0.1, 0.15) is 72.2 Å². The van der Waals surface area contributed by atoms with E-state index >= 15 is 0 Å². The van der Waals surface area contributed by atoms with E-state index in [1.165, 1.54) is 24.3 Å². The number of carboxylic acids is 1. The number of aliphatic carboxylic acids is 1. The predicted octanol–water partition coefficient (Wildman–Crippen LogP) is -7.51. The molecule has 0 saturated carbocycles. The second kappa shape index (κ2) is 44.2. The molecule has 0 aromatic heterocycles. The van der Waals surface area contributed by atoms with Crippen molar-refractivity contribution in [2.45, 2.75) is 165 Å². The van der Waals surface area contributed by atoms with Crippen LogP contribution in [-0.2, 0) is 80.0 Å². The molecule has 2 aromatic rings. The minimum absolute atomic E-state index is 0.0257. The first-order valence-electron chi connectivity index (χ1n) is 31.5. The Kier molecular flexibility index (Phi) is 38.0. The largest absolute Gasteiger partial charge is 0.508 e. The van der Waals surface area contributed by atoms with Crippen LogP contribution < -0.4 is 92.9 Å². The van der Waals surface area contributed by atoms with Gasteiger partial charge in [-0.1, -0.05) is 70.2 Å². The van der Waals surface area contributed by atoms with Crippen LogP contribution in [0.3, 0.4) is 0 Å². The Hall–Kier alpha value is -9.72. The summed E-state index contributed by atoms with van der Waals surface area (Å²) in [6.07, 6.45) is -1.52. The molecule has 0 unspecified atom stereocenters. The number of unbranched alkanes of at least 4 members (excludes halogenated alkanes) is 1. The van der Waals surface area contributed by atoms with Crippen LogP contribution >= 0.6 is 12.6 Å². The van der Waals surface area contributed by atoms with Crippen molar-refractivity contribution in [3.63, 3.8) is 0 Å². The summed E-state index contributed by atoms with van der Waals surface area (Å²) in [6.45, 7) is 4.39. The molecular formula is C61H96N18O18S. The van der Waals surface area contributed by atoms with E-state index < -0.39 is 188 Å². The van der Waals surface area contributed by atoms with Crippen molar-refractivity contribution in [3.8, 4) is 5.75 Å². The second-order valence-corrected chi connectivity index (χ2v) is 24.1. The zero-order valence-corrected chi connectivity index (χ0v) is 56.0. The fourth-order valence-electron chi connectivity index (χ4n) is 9.35. The highest BCUT2D eigenvalue weighted by molar-refractivity contribution is 7.80. The van der Waals surface area contributed by atoms with Crippen LogP contribution in [0.2, 0.25) is 0 Å². The molecule has 27 N–H and O–H groups in total. The smallest absolute Gasteiger partial charge is 0.326 e. The lowest BCUT2D eigenvalue weighted by Gasteiger charge is -2.28. The number of aliphatic imine (C=N–C) groups is 1. The number of phenols is 1. The number of primary amides is 2. The van der Waals surface area contributed by atoms with Gasteiger partial charge in [0, 0.05) is 25.1 Å². The third-order valence-corrected chi connectivity index (χ3v) is 14.8. The van der Waals surface area contributed by atoms with Crippen molar-refractivity contribution in [2.24, 2.45) is 51.2 Å². The second-order valence-electron chi connectivity index (χ2n) is 23.8. The first-order valence-corrected chi connectivity index (χ1v) is 32.1. The van der Waals surface area contributed by atoms with Gasteiger partial charge >= 0.3 is 5.97 Å². The topological polar surface area (TPSA) is 621 Å². The molecule has 0 fully saturated rings. The van der Waals surface area contributed by atoms with Crippen molar-refractivity contribution >= 4 is 101 Å². The number of rotatable bonds is 46. The minimum atomic E-state index is -1.93. The van der Waals surface area contributed by atoms with Crippen LogP contribution in [0.4, 0.5) is 0 Å². The molecule has 0 bridgehead atoms. The van der Waals surface area contributed by atoms with E-state index in [-0.39, 0.29) is 81.6 Å². The number of nitrogens with zero attached hydrogens (tertiary/aromatic N) is 1. The van der Waals surface area contributed by atoms with Crippen LogP contribution in [0.5, 0.6) is 5.75 Å². The third-order valence-electron chi connectivity index (χ3n) is 14.4. The number of thiol groups is 1. The molecule has 544 valence electrons. The molecular weight excluding hydrogens is 1300 g/mol. The van der Waals surface area contributed by atoms with E-state index in [9.17, 15) is 87.5 Å². The molecule has 0 saturated heterocycles. The molecule has 0 spiro atoms. The Morgan fingerprint density at radius 1 is 0.469 bits per heavy atom. The number of nitrogens with two attached hydrogens (primary N) is 6. The average Bonchev–Trinajstić information content (AvgIpc) is 0.876. The number of carbonyl (C=O) groups excluding carboxylic acids is 13. The van der Waals surface area contributed by atoms with Crippen LogP contribution in [0.1, 0.15) is 96.6 Å². The first-order chi connectivity index (χ1) is 46.2. The Bertz CT molecular complexity index is 3050. The third kappa shape index (κ3) is 32.3. The maximum absolute atomic E-state index is 14.2. The highest BCUT2D eigenvalue weighted by Gasteiger charge is 2.37. The van der Waals surface area contributed by atoms with Gasteiger partial charge in [-0.25, -0.2) is 4.79 Å². The lowest BCUT2D eigenvalue weighted by atomic mass is 10.00. The number of amides is 13. The lowest BCUT2D eigenvalue weighted by molar-refractivity contribution is -0.142. The first kappa shape index (κ1) is 84.4. The number of carbonyl (C=O) groups is 14. The van der Waals surface area contributed by atoms with E-state index in [0.717, 1.165) is 0 Å². The predicted molar refractivity (Wildman–Crippen MR) is 357 cm³/mol. The van der Waals surface area contributed by atoms with Gasteiger partial charge < -0.3 is 113 Å². The number of carboxylic acid groups (broad SMARTS) is 1. The zero-order valence-electron chi connectivity index (χ0n) is 55.1. The summed E-state index contributed by atoms with van der Waals surface area (Å²) in [7, 11) is 0. The quantitative estimate of drug-likeness (QED) is 0.0127. The average molecular weight is 1400 g/mol. The Morgan fingerprint density at radius 3 is 1.36 bits per heavy atom. The highest BCUT2D eigenvalue weighted by Crippen LogP contribution is 2.15. The molecule has 37 heteroatoms. The van der Waals surface area contributed by atoms with Gasteiger partial charge in [-0.15, -0.1) is 0 Å². The summed E-state index contributed by atoms with van der Waals surface area (Å²) in [4.78, 5) is 192. The van der Waals surface area contributed by atoms with E-state index in [1.54, 1.807) is 58.0 Å². The maximum atomic E-state index is 14.2. The standard InChI is InChI=1S/C61H96N18O18S/c1-31(2)21-39(73-50(86)36(63)28-80)54(90)71-37(13-8-9-19-62)52(88)74-40(22-32(3)4)55(91)76-42(25-47(64)83)51(87)69-27-49(85)70-46(30-98)59(95)77-43(26-48(65)84)57(93)79-45(29-81)58(94)75-41(23-33-11-6-5-7-12-33)56(92)72-38(14-10-20-68-61(66)67)53(89)78-44(60(96)97)24-34-15-17-35(82)18-16-34/h5-7,11-12,15-18,31-32,36-46,80-82,98H,8-10,13-14,19-30,62-63H2,1-4H3,(H2,64,83)(H2,65,84)(H,69,87)(H,70,85)(H,71,90)(H,72,92)(H,73,86)(H,74,88)(H,75,94)(H,76,91)(H,77,95)(H,78,89)(H,79,93)(H,96,97)(H4,66,67,68)/t36-,37-,38-,39-,40-,41-,42-,43-,44-,45-,46-/m0/s1. The minimum Gasteiger partial charge on any atom is -0.508 e. The maximum Gasteiger partial charge on any atom is 0.326 e. The molecule has 0 radical (unpaired) electrons. The molecule has 13 amide bonds. The number of aliphatic hydroxyl groups is 2. The van der Waals surface area contributed by atoms with Crippen molar-refractivity contribution in [2.75, 3.05) is 38.6 Å². The summed E-state index contributed by atoms with van der Waals surface area (Å²) in [6, 6.07) is -3.49. The number of guanidine groups is 1.